The van der Waals surface area contributed by atoms with Gasteiger partial charge in [0.15, 0.2) is 0 Å². The number of benzene rings is 2. The largest absolute Gasteiger partial charge is 0.416 e. The summed E-state index contributed by atoms with van der Waals surface area (Å²) in [4.78, 5) is 16.8. The van der Waals surface area contributed by atoms with Crippen LogP contribution in [0.1, 0.15) is 38.4 Å². The molecule has 0 aliphatic carbocycles. The fourth-order valence-corrected chi connectivity index (χ4v) is 4.52. The average Bonchev–Trinajstić information content (AvgIpc) is 3.36. The molecule has 1 fully saturated rings. The summed E-state index contributed by atoms with van der Waals surface area (Å²) in [6, 6.07) is 10.1. The smallest absolute Gasteiger partial charge is 0.379 e. The van der Waals surface area contributed by atoms with E-state index in [1.165, 1.54) is 11.0 Å². The zero-order valence-corrected chi connectivity index (χ0v) is 18.7. The van der Waals surface area contributed by atoms with E-state index in [9.17, 15) is 18.0 Å². The molecule has 3 aromatic rings. The van der Waals surface area contributed by atoms with Gasteiger partial charge in [0.1, 0.15) is 12.2 Å². The molecule has 10 heteroatoms. The predicted octanol–water partition coefficient (Wildman–Crippen LogP) is 3.42. The number of nitrogens with zero attached hydrogens (tertiary/aromatic N) is 5. The van der Waals surface area contributed by atoms with Crippen molar-refractivity contribution in [2.45, 2.75) is 25.7 Å². The molecule has 1 saturated heterocycles. The van der Waals surface area contributed by atoms with E-state index in [1.807, 2.05) is 24.1 Å². The van der Waals surface area contributed by atoms with E-state index in [4.69, 9.17) is 4.74 Å². The van der Waals surface area contributed by atoms with Crippen molar-refractivity contribution < 1.29 is 22.7 Å². The second-order valence-corrected chi connectivity index (χ2v) is 8.65. The van der Waals surface area contributed by atoms with E-state index in [-0.39, 0.29) is 17.7 Å². The highest BCUT2D eigenvalue weighted by atomic mass is 19.4. The van der Waals surface area contributed by atoms with Crippen LogP contribution in [-0.2, 0) is 37.5 Å². The summed E-state index contributed by atoms with van der Waals surface area (Å²) >= 11 is 0. The van der Waals surface area contributed by atoms with Gasteiger partial charge in [-0.2, -0.15) is 13.2 Å². The van der Waals surface area contributed by atoms with Crippen LogP contribution < -0.4 is 4.90 Å². The number of ether oxygens (including phenoxy) is 1. The molecule has 0 saturated carbocycles. The summed E-state index contributed by atoms with van der Waals surface area (Å²) in [7, 11) is 1.84. The van der Waals surface area contributed by atoms with E-state index in [1.54, 1.807) is 29.1 Å². The Kier molecular flexibility index (Phi) is 5.86. The third-order valence-electron chi connectivity index (χ3n) is 6.31. The number of hydrogen-bond donors (Lipinski definition) is 0. The Hall–Kier alpha value is -3.24. The van der Waals surface area contributed by atoms with Crippen LogP contribution >= 0.6 is 0 Å². The summed E-state index contributed by atoms with van der Waals surface area (Å²) in [5.74, 6) is 0.334. The predicted molar refractivity (Wildman–Crippen MR) is 118 cm³/mol. The van der Waals surface area contributed by atoms with Gasteiger partial charge in [0.25, 0.3) is 5.91 Å². The number of aromatic nitrogens is 3. The van der Waals surface area contributed by atoms with Crippen molar-refractivity contribution in [3.05, 3.63) is 76.4 Å². The zero-order chi connectivity index (χ0) is 23.9. The molecule has 178 valence electrons. The summed E-state index contributed by atoms with van der Waals surface area (Å²) in [5, 5.41) is 7.95. The van der Waals surface area contributed by atoms with Crippen LogP contribution in [0, 0.1) is 0 Å². The van der Waals surface area contributed by atoms with Crippen LogP contribution in [0.15, 0.2) is 42.7 Å². The summed E-state index contributed by atoms with van der Waals surface area (Å²) < 4.78 is 49.1. The number of anilines is 1. The van der Waals surface area contributed by atoms with Crippen LogP contribution in [0.2, 0.25) is 0 Å². The van der Waals surface area contributed by atoms with E-state index >= 15 is 0 Å². The molecule has 2 aromatic carbocycles. The quantitative estimate of drug-likeness (QED) is 0.571. The van der Waals surface area contributed by atoms with Gasteiger partial charge in [0, 0.05) is 44.4 Å². The lowest BCUT2D eigenvalue weighted by Gasteiger charge is -2.27. The molecular weight excluding hydrogens is 447 g/mol. The molecule has 0 bridgehead atoms. The molecule has 5 rings (SSSR count). The van der Waals surface area contributed by atoms with Gasteiger partial charge in [-0.25, -0.2) is 0 Å². The van der Waals surface area contributed by atoms with Gasteiger partial charge >= 0.3 is 6.18 Å². The fraction of sp³-hybridized carbons (Fsp3) is 0.375. The number of hydrogen-bond acceptors (Lipinski definition) is 5. The topological polar surface area (TPSA) is 63.5 Å². The highest BCUT2D eigenvalue weighted by Gasteiger charge is 2.40. The third-order valence-corrected chi connectivity index (χ3v) is 6.31. The number of amides is 1. The first-order valence-corrected chi connectivity index (χ1v) is 11.1. The monoisotopic (exact) mass is 471 g/mol. The number of halogens is 3. The van der Waals surface area contributed by atoms with Crippen molar-refractivity contribution in [2.75, 3.05) is 31.2 Å². The molecule has 1 aromatic heterocycles. The first-order valence-electron chi connectivity index (χ1n) is 11.1. The van der Waals surface area contributed by atoms with Gasteiger partial charge in [-0.05, 0) is 41.0 Å². The lowest BCUT2D eigenvalue weighted by molar-refractivity contribution is -0.138. The number of carbonyl (C=O) groups excluding carboxylic acids is 1. The summed E-state index contributed by atoms with van der Waals surface area (Å²) in [6.07, 6.45) is -2.45. The lowest BCUT2D eigenvalue weighted by Crippen LogP contribution is -2.35. The van der Waals surface area contributed by atoms with Crippen LogP contribution in [0.25, 0.3) is 0 Å². The molecule has 0 radical (unpaired) electrons. The van der Waals surface area contributed by atoms with Gasteiger partial charge in [0.05, 0.1) is 25.3 Å². The Labute approximate surface area is 194 Å². The minimum atomic E-state index is -4.55. The van der Waals surface area contributed by atoms with E-state index < -0.39 is 17.6 Å². The average molecular weight is 471 g/mol. The van der Waals surface area contributed by atoms with Crippen LogP contribution in [0.4, 0.5) is 18.9 Å². The first kappa shape index (κ1) is 22.5. The molecule has 3 heterocycles. The van der Waals surface area contributed by atoms with Crippen molar-refractivity contribution >= 4 is 11.6 Å². The molecule has 0 spiro atoms. The molecule has 0 atom stereocenters. The number of alkyl halides is 3. The van der Waals surface area contributed by atoms with Crippen molar-refractivity contribution in [1.29, 1.82) is 0 Å². The molecule has 2 aliphatic heterocycles. The van der Waals surface area contributed by atoms with Crippen molar-refractivity contribution in [2.24, 2.45) is 7.05 Å². The molecular formula is C24H24F3N5O2. The Bertz CT molecular complexity index is 1220. The van der Waals surface area contributed by atoms with Gasteiger partial charge in [-0.15, -0.1) is 10.2 Å². The number of fused-ring (bicyclic) bond motifs is 1. The molecule has 34 heavy (non-hydrogen) atoms. The lowest BCUT2D eigenvalue weighted by atomic mass is 9.98. The first-order chi connectivity index (χ1) is 16.3. The number of rotatable bonds is 5. The Morgan fingerprint density at radius 3 is 2.59 bits per heavy atom. The van der Waals surface area contributed by atoms with Gasteiger partial charge in [-0.1, -0.05) is 12.1 Å². The van der Waals surface area contributed by atoms with Gasteiger partial charge < -0.3 is 14.2 Å². The van der Waals surface area contributed by atoms with Crippen LogP contribution in [0.3, 0.4) is 0 Å². The second kappa shape index (κ2) is 8.84. The Balaban J connectivity index is 1.45. The van der Waals surface area contributed by atoms with E-state index in [2.05, 4.69) is 10.2 Å². The minimum Gasteiger partial charge on any atom is -0.379 e. The second-order valence-electron chi connectivity index (χ2n) is 8.65. The number of morpholine rings is 1. The third kappa shape index (κ3) is 4.43. The maximum atomic E-state index is 14.0. The molecule has 2 aliphatic rings. The van der Waals surface area contributed by atoms with Crippen molar-refractivity contribution in [3.63, 3.8) is 0 Å². The minimum absolute atomic E-state index is 0.0296. The highest BCUT2D eigenvalue weighted by Crippen LogP contribution is 2.39. The molecule has 0 unspecified atom stereocenters. The number of carbonyl (C=O) groups is 1. The SMILES string of the molecule is Cn1cnnc1Cc1cccc(N2Cc3c(cc(CN4CCOCC4)cc3C(F)(F)F)C2=O)c1. The maximum absolute atomic E-state index is 14.0. The fourth-order valence-electron chi connectivity index (χ4n) is 4.52. The van der Waals surface area contributed by atoms with Gasteiger partial charge in [-0.3, -0.25) is 9.69 Å². The van der Waals surface area contributed by atoms with E-state index in [0.29, 0.717) is 50.5 Å². The maximum Gasteiger partial charge on any atom is 0.416 e. The zero-order valence-electron chi connectivity index (χ0n) is 18.7. The van der Waals surface area contributed by atoms with Crippen LogP contribution in [0.5, 0.6) is 0 Å². The molecule has 7 nitrogen and oxygen atoms in total. The summed E-state index contributed by atoms with van der Waals surface area (Å²) in [6.45, 7) is 2.63. The van der Waals surface area contributed by atoms with Crippen molar-refractivity contribution in [1.82, 2.24) is 19.7 Å². The number of aryl methyl sites for hydroxylation is 1. The van der Waals surface area contributed by atoms with Crippen molar-refractivity contribution in [3.8, 4) is 0 Å². The normalized spacial score (nSPS) is 16.8. The van der Waals surface area contributed by atoms with E-state index in [0.717, 1.165) is 11.4 Å². The molecule has 0 N–H and O–H groups in total. The Morgan fingerprint density at radius 1 is 1.09 bits per heavy atom. The highest BCUT2D eigenvalue weighted by molar-refractivity contribution is 6.10. The summed E-state index contributed by atoms with van der Waals surface area (Å²) in [5.41, 5.74) is 1.35. The van der Waals surface area contributed by atoms with Crippen LogP contribution in [-0.4, -0.2) is 51.9 Å². The standard InChI is InChI=1S/C24H24F3N5O2/c1-30-15-28-29-22(30)12-16-3-2-4-18(9-16)32-14-20-19(23(32)33)10-17(11-21(20)24(25,26)27)13-31-5-7-34-8-6-31/h2-4,9-11,15H,5-8,12-14H2,1H3. The molecule has 1 amide bonds. The van der Waals surface area contributed by atoms with Gasteiger partial charge in [0.2, 0.25) is 0 Å². The Morgan fingerprint density at radius 2 is 1.88 bits per heavy atom.